The number of hydrogen-bond donors (Lipinski definition) is 1. The van der Waals surface area contributed by atoms with E-state index < -0.39 is 0 Å². The van der Waals surface area contributed by atoms with Crippen molar-refractivity contribution in [2.45, 2.75) is 19.3 Å². The molecule has 0 spiro atoms. The Morgan fingerprint density at radius 3 is 2.57 bits per heavy atom. The number of nitrogens with zero attached hydrogens (tertiary/aromatic N) is 5. The molecule has 8 heteroatoms. The molecular weight excluding hydrogens is 356 g/mol. The number of rotatable bonds is 4. The van der Waals surface area contributed by atoms with Crippen LogP contribution < -0.4 is 5.32 Å². The number of piperidine rings is 1. The number of para-hydroxylation sites is 1. The fourth-order valence-corrected chi connectivity index (χ4v) is 3.31. The molecule has 1 N–H and O–H groups in total. The maximum Gasteiger partial charge on any atom is 0.255 e. The lowest BCUT2D eigenvalue weighted by molar-refractivity contribution is 0.0725. The zero-order valence-electron chi connectivity index (χ0n) is 15.3. The fourth-order valence-electron chi connectivity index (χ4n) is 3.31. The van der Waals surface area contributed by atoms with Crippen LogP contribution >= 0.6 is 0 Å². The zero-order chi connectivity index (χ0) is 19.3. The van der Waals surface area contributed by atoms with Crippen LogP contribution in [0, 0.1) is 0 Å². The summed E-state index contributed by atoms with van der Waals surface area (Å²) in [5, 5.41) is 13.9. The van der Waals surface area contributed by atoms with Crippen molar-refractivity contribution in [3.8, 4) is 5.69 Å². The first-order chi connectivity index (χ1) is 13.7. The van der Waals surface area contributed by atoms with E-state index in [1.807, 2.05) is 11.0 Å². The summed E-state index contributed by atoms with van der Waals surface area (Å²) >= 11 is 0. The normalized spacial score (nSPS) is 13.9. The van der Waals surface area contributed by atoms with Crippen molar-refractivity contribution in [1.29, 1.82) is 0 Å². The number of tetrazole rings is 1. The minimum Gasteiger partial charge on any atom is -0.339 e. The lowest BCUT2D eigenvalue weighted by Crippen LogP contribution is -2.36. The van der Waals surface area contributed by atoms with Gasteiger partial charge < -0.3 is 10.2 Å². The third-order valence-electron chi connectivity index (χ3n) is 4.77. The first-order valence-electron chi connectivity index (χ1n) is 9.25. The molecule has 0 unspecified atom stereocenters. The lowest BCUT2D eigenvalue weighted by Gasteiger charge is -2.27. The molecule has 1 aliphatic rings. The Balaban J connectivity index is 1.55. The molecular formula is C20H20N6O2. The average molecular weight is 376 g/mol. The molecule has 142 valence electrons. The second-order valence-corrected chi connectivity index (χ2v) is 6.66. The van der Waals surface area contributed by atoms with Gasteiger partial charge in [0.25, 0.3) is 11.8 Å². The van der Waals surface area contributed by atoms with Gasteiger partial charge >= 0.3 is 0 Å². The van der Waals surface area contributed by atoms with Crippen LogP contribution in [0.4, 0.5) is 5.69 Å². The van der Waals surface area contributed by atoms with E-state index in [-0.39, 0.29) is 11.8 Å². The van der Waals surface area contributed by atoms with Crippen LogP contribution in [0.15, 0.2) is 54.9 Å². The van der Waals surface area contributed by atoms with Gasteiger partial charge in [-0.2, -0.15) is 0 Å². The predicted molar refractivity (Wildman–Crippen MR) is 103 cm³/mol. The SMILES string of the molecule is O=C(Nc1ccccc1C(=O)N1CCCCC1)c1cccc(-n2cnnn2)c1. The molecule has 0 atom stereocenters. The van der Waals surface area contributed by atoms with Gasteiger partial charge in [-0.1, -0.05) is 18.2 Å². The lowest BCUT2D eigenvalue weighted by atomic mass is 10.1. The third-order valence-corrected chi connectivity index (χ3v) is 4.77. The van der Waals surface area contributed by atoms with Crippen molar-refractivity contribution >= 4 is 17.5 Å². The molecule has 2 heterocycles. The van der Waals surface area contributed by atoms with Crippen LogP contribution in [0.5, 0.6) is 0 Å². The van der Waals surface area contributed by atoms with E-state index >= 15 is 0 Å². The molecule has 8 nitrogen and oxygen atoms in total. The Kier molecular flexibility index (Phi) is 5.09. The van der Waals surface area contributed by atoms with E-state index in [0.717, 1.165) is 32.4 Å². The summed E-state index contributed by atoms with van der Waals surface area (Å²) in [6.07, 6.45) is 4.65. The number of nitrogens with one attached hydrogen (secondary N) is 1. The van der Waals surface area contributed by atoms with E-state index in [2.05, 4.69) is 20.8 Å². The number of benzene rings is 2. The Bertz CT molecular complexity index is 980. The monoisotopic (exact) mass is 376 g/mol. The van der Waals surface area contributed by atoms with Gasteiger partial charge in [0.05, 0.1) is 16.9 Å². The Labute approximate surface area is 162 Å². The van der Waals surface area contributed by atoms with Crippen molar-refractivity contribution in [3.05, 3.63) is 66.0 Å². The van der Waals surface area contributed by atoms with Crippen LogP contribution in [0.3, 0.4) is 0 Å². The summed E-state index contributed by atoms with van der Waals surface area (Å²) in [4.78, 5) is 27.5. The second kappa shape index (κ2) is 7.99. The summed E-state index contributed by atoms with van der Waals surface area (Å²) < 4.78 is 1.48. The second-order valence-electron chi connectivity index (χ2n) is 6.66. The number of aromatic nitrogens is 4. The van der Waals surface area contributed by atoms with Crippen molar-refractivity contribution < 1.29 is 9.59 Å². The van der Waals surface area contributed by atoms with Gasteiger partial charge in [0.1, 0.15) is 6.33 Å². The average Bonchev–Trinajstić information content (AvgIpc) is 3.29. The van der Waals surface area contributed by atoms with Crippen LogP contribution in [0.1, 0.15) is 40.0 Å². The molecule has 28 heavy (non-hydrogen) atoms. The molecule has 0 aliphatic carbocycles. The Morgan fingerprint density at radius 2 is 1.79 bits per heavy atom. The number of hydrogen-bond acceptors (Lipinski definition) is 5. The van der Waals surface area contributed by atoms with Gasteiger partial charge in [0, 0.05) is 18.7 Å². The van der Waals surface area contributed by atoms with E-state index in [1.54, 1.807) is 42.5 Å². The minimum atomic E-state index is -0.297. The summed E-state index contributed by atoms with van der Waals surface area (Å²) in [7, 11) is 0. The molecule has 1 aliphatic heterocycles. The van der Waals surface area contributed by atoms with Crippen molar-refractivity contribution in [1.82, 2.24) is 25.1 Å². The van der Waals surface area contributed by atoms with E-state index in [1.165, 1.54) is 11.0 Å². The zero-order valence-corrected chi connectivity index (χ0v) is 15.3. The number of amides is 2. The van der Waals surface area contributed by atoms with Crippen LogP contribution in [-0.4, -0.2) is 50.0 Å². The summed E-state index contributed by atoms with van der Waals surface area (Å²) in [5.41, 5.74) is 2.15. The maximum absolute atomic E-state index is 12.9. The van der Waals surface area contributed by atoms with Crippen LogP contribution in [-0.2, 0) is 0 Å². The van der Waals surface area contributed by atoms with Crippen molar-refractivity contribution in [2.24, 2.45) is 0 Å². The summed E-state index contributed by atoms with van der Waals surface area (Å²) in [6.45, 7) is 1.52. The molecule has 0 saturated carbocycles. The number of carbonyl (C=O) groups is 2. The first-order valence-corrected chi connectivity index (χ1v) is 9.25. The van der Waals surface area contributed by atoms with Crippen molar-refractivity contribution in [2.75, 3.05) is 18.4 Å². The summed E-state index contributed by atoms with van der Waals surface area (Å²) in [5.74, 6) is -0.341. The van der Waals surface area contributed by atoms with Gasteiger partial charge in [0.2, 0.25) is 0 Å². The van der Waals surface area contributed by atoms with Gasteiger partial charge in [-0.15, -0.1) is 5.10 Å². The van der Waals surface area contributed by atoms with Crippen LogP contribution in [0.2, 0.25) is 0 Å². The molecule has 2 amide bonds. The molecule has 4 rings (SSSR count). The topological polar surface area (TPSA) is 93.0 Å². The van der Waals surface area contributed by atoms with E-state index in [4.69, 9.17) is 0 Å². The molecule has 2 aromatic carbocycles. The van der Waals surface area contributed by atoms with Crippen molar-refractivity contribution in [3.63, 3.8) is 0 Å². The minimum absolute atomic E-state index is 0.0435. The number of anilines is 1. The quantitative estimate of drug-likeness (QED) is 0.755. The largest absolute Gasteiger partial charge is 0.339 e. The van der Waals surface area contributed by atoms with E-state index in [9.17, 15) is 9.59 Å². The molecule has 1 saturated heterocycles. The highest BCUT2D eigenvalue weighted by molar-refractivity contribution is 6.09. The highest BCUT2D eigenvalue weighted by Crippen LogP contribution is 2.21. The highest BCUT2D eigenvalue weighted by Gasteiger charge is 2.21. The standard InChI is InChI=1S/C20H20N6O2/c27-19(15-7-6-8-16(13-15)26-14-21-23-24-26)22-18-10-3-2-9-17(18)20(28)25-11-4-1-5-12-25/h2-3,6-10,13-14H,1,4-5,11-12H2,(H,22,27). The highest BCUT2D eigenvalue weighted by atomic mass is 16.2. The third kappa shape index (κ3) is 3.75. The van der Waals surface area contributed by atoms with Gasteiger partial charge in [-0.25, -0.2) is 4.68 Å². The first kappa shape index (κ1) is 17.8. The Hall–Kier alpha value is -3.55. The van der Waals surface area contributed by atoms with Crippen LogP contribution in [0.25, 0.3) is 5.69 Å². The fraction of sp³-hybridized carbons (Fsp3) is 0.250. The molecule has 3 aromatic rings. The van der Waals surface area contributed by atoms with Gasteiger partial charge in [-0.3, -0.25) is 9.59 Å². The smallest absolute Gasteiger partial charge is 0.255 e. The Morgan fingerprint density at radius 1 is 0.964 bits per heavy atom. The van der Waals surface area contributed by atoms with Gasteiger partial charge in [-0.05, 0) is 60.0 Å². The molecule has 1 fully saturated rings. The number of likely N-dealkylation sites (tertiary alicyclic amines) is 1. The number of carbonyl (C=O) groups excluding carboxylic acids is 2. The molecule has 0 radical (unpaired) electrons. The predicted octanol–water partition coefficient (Wildman–Crippen LogP) is 2.54. The van der Waals surface area contributed by atoms with E-state index in [0.29, 0.717) is 22.5 Å². The molecule has 0 bridgehead atoms. The summed E-state index contributed by atoms with van der Waals surface area (Å²) in [6, 6.07) is 14.1. The maximum atomic E-state index is 12.9. The van der Waals surface area contributed by atoms with Gasteiger partial charge in [0.15, 0.2) is 0 Å². The molecule has 1 aromatic heterocycles.